The minimum absolute atomic E-state index is 0.0717. The van der Waals surface area contributed by atoms with Gasteiger partial charge in [0.2, 0.25) is 0 Å². The molecule has 40 heavy (non-hydrogen) atoms. The molecule has 0 bridgehead atoms. The second-order valence-electron chi connectivity index (χ2n) is 9.63. The maximum Gasteiger partial charge on any atom is 0.271 e. The maximum absolute atomic E-state index is 11.3. The van der Waals surface area contributed by atoms with Crippen molar-refractivity contribution in [1.82, 2.24) is 0 Å². The molecule has 6 aromatic rings. The van der Waals surface area contributed by atoms with E-state index in [-0.39, 0.29) is 10.6 Å². The molecule has 5 heteroatoms. The molecule has 194 valence electrons. The van der Waals surface area contributed by atoms with Gasteiger partial charge in [0.1, 0.15) is 0 Å². The minimum Gasteiger partial charge on any atom is -0.344 e. The Kier molecular flexibility index (Phi) is 6.69. The standard InChI is InChI=1S/C35H27N3O2/c1-36(33-12-7-13-35(25-33)38(39)40)30-20-22-32(23-21-30)37(34-19-16-27-10-5-6-11-29(27)24-34)31-17-14-28(15-18-31)26-8-3-2-4-9-26/h2-25H,1H3. The van der Waals surface area contributed by atoms with Gasteiger partial charge in [-0.25, -0.2) is 0 Å². The Balaban J connectivity index is 1.38. The van der Waals surface area contributed by atoms with Crippen LogP contribution < -0.4 is 9.80 Å². The van der Waals surface area contributed by atoms with Crippen molar-refractivity contribution in [3.8, 4) is 11.1 Å². The number of nitro benzene ring substituents is 1. The van der Waals surface area contributed by atoms with Crippen molar-refractivity contribution in [3.05, 3.63) is 156 Å². The minimum atomic E-state index is -0.370. The number of anilines is 5. The van der Waals surface area contributed by atoms with Crippen molar-refractivity contribution in [1.29, 1.82) is 0 Å². The van der Waals surface area contributed by atoms with Crippen LogP contribution in [0.25, 0.3) is 21.9 Å². The summed E-state index contributed by atoms with van der Waals surface area (Å²) in [6.45, 7) is 0. The van der Waals surface area contributed by atoms with Crippen molar-refractivity contribution in [2.45, 2.75) is 0 Å². The molecular formula is C35H27N3O2. The fourth-order valence-electron chi connectivity index (χ4n) is 4.99. The van der Waals surface area contributed by atoms with Gasteiger partial charge in [0.05, 0.1) is 4.92 Å². The van der Waals surface area contributed by atoms with E-state index < -0.39 is 0 Å². The fraction of sp³-hybridized carbons (Fsp3) is 0.0286. The molecule has 0 amide bonds. The molecule has 0 spiro atoms. The van der Waals surface area contributed by atoms with Crippen LogP contribution >= 0.6 is 0 Å². The van der Waals surface area contributed by atoms with Gasteiger partial charge in [-0.3, -0.25) is 10.1 Å². The zero-order valence-corrected chi connectivity index (χ0v) is 22.0. The Morgan fingerprint density at radius 1 is 0.500 bits per heavy atom. The summed E-state index contributed by atoms with van der Waals surface area (Å²) in [5.74, 6) is 0. The van der Waals surface area contributed by atoms with Crippen LogP contribution in [0, 0.1) is 10.1 Å². The molecule has 0 radical (unpaired) electrons. The van der Waals surface area contributed by atoms with Gasteiger partial charge in [-0.1, -0.05) is 78.9 Å². The summed E-state index contributed by atoms with van der Waals surface area (Å²) in [4.78, 5) is 15.1. The molecule has 0 fully saturated rings. The molecule has 0 aliphatic heterocycles. The zero-order valence-electron chi connectivity index (χ0n) is 22.0. The van der Waals surface area contributed by atoms with E-state index in [0.29, 0.717) is 0 Å². The molecule has 0 aliphatic carbocycles. The monoisotopic (exact) mass is 521 g/mol. The molecule has 0 saturated heterocycles. The van der Waals surface area contributed by atoms with Crippen LogP contribution in [0.4, 0.5) is 34.1 Å². The van der Waals surface area contributed by atoms with Crippen LogP contribution in [0.5, 0.6) is 0 Å². The van der Waals surface area contributed by atoms with Crippen LogP contribution in [-0.4, -0.2) is 12.0 Å². The maximum atomic E-state index is 11.3. The Morgan fingerprint density at radius 2 is 1.07 bits per heavy atom. The number of hydrogen-bond donors (Lipinski definition) is 0. The molecule has 0 saturated carbocycles. The summed E-state index contributed by atoms with van der Waals surface area (Å²) >= 11 is 0. The molecule has 6 aromatic carbocycles. The largest absolute Gasteiger partial charge is 0.344 e. The van der Waals surface area contributed by atoms with Crippen LogP contribution in [0.1, 0.15) is 0 Å². The Labute approximate surface area is 233 Å². The first-order valence-corrected chi connectivity index (χ1v) is 13.1. The smallest absolute Gasteiger partial charge is 0.271 e. The summed E-state index contributed by atoms with van der Waals surface area (Å²) in [5.41, 5.74) is 7.23. The van der Waals surface area contributed by atoms with Crippen LogP contribution in [0.2, 0.25) is 0 Å². The van der Waals surface area contributed by atoms with Gasteiger partial charge in [0, 0.05) is 47.6 Å². The topological polar surface area (TPSA) is 49.6 Å². The van der Waals surface area contributed by atoms with E-state index in [1.807, 2.05) is 36.2 Å². The van der Waals surface area contributed by atoms with E-state index >= 15 is 0 Å². The van der Waals surface area contributed by atoms with Crippen molar-refractivity contribution >= 4 is 44.9 Å². The lowest BCUT2D eigenvalue weighted by atomic mass is 10.0. The van der Waals surface area contributed by atoms with Gasteiger partial charge >= 0.3 is 0 Å². The van der Waals surface area contributed by atoms with Gasteiger partial charge in [-0.2, -0.15) is 0 Å². The molecular weight excluding hydrogens is 494 g/mol. The molecule has 6 rings (SSSR count). The van der Waals surface area contributed by atoms with Crippen molar-refractivity contribution < 1.29 is 4.92 Å². The van der Waals surface area contributed by atoms with E-state index in [2.05, 4.69) is 108 Å². The molecule has 0 heterocycles. The Hall–Kier alpha value is -5.42. The number of benzene rings is 6. The summed E-state index contributed by atoms with van der Waals surface area (Å²) in [6, 6.07) is 48.8. The third kappa shape index (κ3) is 5.00. The van der Waals surface area contributed by atoms with Crippen molar-refractivity contribution in [2.24, 2.45) is 0 Å². The molecule has 0 N–H and O–H groups in total. The molecule has 0 aromatic heterocycles. The van der Waals surface area contributed by atoms with Gasteiger partial charge in [-0.05, 0) is 76.5 Å². The highest BCUT2D eigenvalue weighted by Crippen LogP contribution is 2.38. The highest BCUT2D eigenvalue weighted by molar-refractivity contribution is 5.89. The van der Waals surface area contributed by atoms with Crippen molar-refractivity contribution in [3.63, 3.8) is 0 Å². The summed E-state index contributed by atoms with van der Waals surface area (Å²) in [7, 11) is 1.91. The third-order valence-corrected chi connectivity index (χ3v) is 7.15. The van der Waals surface area contributed by atoms with Crippen LogP contribution in [0.15, 0.2) is 146 Å². The van der Waals surface area contributed by atoms with E-state index in [0.717, 1.165) is 34.0 Å². The van der Waals surface area contributed by atoms with E-state index in [4.69, 9.17) is 0 Å². The molecule has 5 nitrogen and oxygen atoms in total. The van der Waals surface area contributed by atoms with Gasteiger partial charge in [-0.15, -0.1) is 0 Å². The number of nitrogens with zero attached hydrogens (tertiary/aromatic N) is 3. The first-order chi connectivity index (χ1) is 19.6. The Morgan fingerprint density at radius 3 is 1.77 bits per heavy atom. The summed E-state index contributed by atoms with van der Waals surface area (Å²) in [5, 5.41) is 13.6. The van der Waals surface area contributed by atoms with E-state index in [1.54, 1.807) is 12.1 Å². The lowest BCUT2D eigenvalue weighted by Crippen LogP contribution is -2.12. The fourth-order valence-corrected chi connectivity index (χ4v) is 4.99. The number of hydrogen-bond acceptors (Lipinski definition) is 4. The van der Waals surface area contributed by atoms with Crippen molar-refractivity contribution in [2.75, 3.05) is 16.8 Å². The molecule has 0 unspecified atom stereocenters. The highest BCUT2D eigenvalue weighted by Gasteiger charge is 2.15. The normalized spacial score (nSPS) is 10.8. The van der Waals surface area contributed by atoms with Crippen LogP contribution in [0.3, 0.4) is 0 Å². The Bertz CT molecular complexity index is 1780. The summed E-state index contributed by atoms with van der Waals surface area (Å²) < 4.78 is 0. The highest BCUT2D eigenvalue weighted by atomic mass is 16.6. The first kappa shape index (κ1) is 24.9. The second kappa shape index (κ2) is 10.8. The SMILES string of the molecule is CN(c1ccc(N(c2ccc(-c3ccccc3)cc2)c2ccc3ccccc3c2)cc1)c1cccc([N+](=O)[O-])c1. The number of nitro groups is 1. The van der Waals surface area contributed by atoms with Gasteiger partial charge in [0.15, 0.2) is 0 Å². The summed E-state index contributed by atoms with van der Waals surface area (Å²) in [6.07, 6.45) is 0. The first-order valence-electron chi connectivity index (χ1n) is 13.1. The molecule has 0 aliphatic rings. The number of fused-ring (bicyclic) bond motifs is 1. The van der Waals surface area contributed by atoms with Gasteiger partial charge in [0.25, 0.3) is 5.69 Å². The lowest BCUT2D eigenvalue weighted by Gasteiger charge is -2.27. The van der Waals surface area contributed by atoms with E-state index in [9.17, 15) is 10.1 Å². The quantitative estimate of drug-likeness (QED) is 0.155. The average Bonchev–Trinajstić information content (AvgIpc) is 3.02. The van der Waals surface area contributed by atoms with Crippen LogP contribution in [-0.2, 0) is 0 Å². The third-order valence-electron chi connectivity index (χ3n) is 7.15. The second-order valence-corrected chi connectivity index (χ2v) is 9.63. The number of rotatable bonds is 7. The van der Waals surface area contributed by atoms with Gasteiger partial charge < -0.3 is 9.80 Å². The lowest BCUT2D eigenvalue weighted by molar-refractivity contribution is -0.384. The number of non-ortho nitro benzene ring substituents is 1. The predicted octanol–water partition coefficient (Wildman–Crippen LogP) is 9.65. The predicted molar refractivity (Wildman–Crippen MR) is 165 cm³/mol. The average molecular weight is 522 g/mol. The molecule has 0 atom stereocenters. The zero-order chi connectivity index (χ0) is 27.5. The van der Waals surface area contributed by atoms with E-state index in [1.165, 1.54) is 22.4 Å².